The minimum atomic E-state index is -1.33. The normalized spacial score (nSPS) is 6.50. The number of hydrogen-bond donors (Lipinski definition) is 3. The lowest BCUT2D eigenvalue weighted by molar-refractivity contribution is -0.138. The Hall–Kier alpha value is -1.56. The third kappa shape index (κ3) is 32.0. The number of primary amides is 1. The van der Waals surface area contributed by atoms with Crippen LogP contribution in [0.15, 0.2) is 12.7 Å². The van der Waals surface area contributed by atoms with Crippen molar-refractivity contribution >= 4 is 12.1 Å². The molecule has 0 fully saturated rings. The van der Waals surface area contributed by atoms with Crippen LogP contribution in [0.2, 0.25) is 0 Å². The van der Waals surface area contributed by atoms with Crippen molar-refractivity contribution in [1.82, 2.24) is 0 Å². The minimum Gasteiger partial charge on any atom is -0.465 e. The lowest BCUT2D eigenvalue weighted by atomic mass is 10.7. The molecule has 5 N–H and O–H groups in total. The van der Waals surface area contributed by atoms with Crippen molar-refractivity contribution in [3.8, 4) is 0 Å². The highest BCUT2D eigenvalue weighted by Crippen LogP contribution is 1.64. The molecule has 0 spiro atoms. The van der Waals surface area contributed by atoms with E-state index in [4.69, 9.17) is 9.90 Å². The fourth-order valence-electron chi connectivity index (χ4n) is 0.0481. The van der Waals surface area contributed by atoms with E-state index >= 15 is 0 Å². The van der Waals surface area contributed by atoms with E-state index in [0.29, 0.717) is 0 Å². The number of carboxylic acid groups (broad SMARTS) is 1. The monoisotopic (exact) mass is 148 g/mol. The second-order valence-corrected chi connectivity index (χ2v) is 0.979. The lowest BCUT2D eigenvalue weighted by Gasteiger charge is -1.81. The first-order valence-electron chi connectivity index (χ1n) is 2.06. The highest BCUT2D eigenvalue weighted by atomic mass is 16.7. The molecule has 0 aromatic carbocycles. The topological polar surface area (TPSA) is 116 Å². The average molecular weight is 148 g/mol. The van der Waals surface area contributed by atoms with Gasteiger partial charge in [-0.15, -0.1) is 0 Å². The molecule has 0 saturated carbocycles. The summed E-state index contributed by atoms with van der Waals surface area (Å²) in [5, 5.41) is 7.19. The van der Waals surface area contributed by atoms with Crippen LogP contribution in [0.1, 0.15) is 0 Å². The van der Waals surface area contributed by atoms with E-state index in [0.717, 1.165) is 6.08 Å². The number of carbonyl (C=O) groups is 2. The van der Waals surface area contributed by atoms with Gasteiger partial charge in [-0.2, -0.15) is 5.90 Å². The van der Waals surface area contributed by atoms with Crippen molar-refractivity contribution < 1.29 is 19.5 Å². The molecule has 6 nitrogen and oxygen atoms in total. The van der Waals surface area contributed by atoms with E-state index in [9.17, 15) is 4.79 Å². The van der Waals surface area contributed by atoms with Gasteiger partial charge in [0.05, 0.1) is 0 Å². The average Bonchev–Trinajstić information content (AvgIpc) is 1.85. The summed E-state index contributed by atoms with van der Waals surface area (Å²) in [5.74, 6) is 3.75. The second kappa shape index (κ2) is 7.44. The summed E-state index contributed by atoms with van der Waals surface area (Å²) in [7, 11) is 0. The van der Waals surface area contributed by atoms with E-state index in [1.807, 2.05) is 0 Å². The van der Waals surface area contributed by atoms with Crippen molar-refractivity contribution in [3.05, 3.63) is 12.7 Å². The molecule has 0 aliphatic rings. The third-order valence-corrected chi connectivity index (χ3v) is 0.283. The Morgan fingerprint density at radius 2 is 1.90 bits per heavy atom. The van der Waals surface area contributed by atoms with Crippen LogP contribution in [-0.4, -0.2) is 17.2 Å². The maximum absolute atomic E-state index is 9.72. The second-order valence-electron chi connectivity index (χ2n) is 0.979. The van der Waals surface area contributed by atoms with Crippen LogP contribution in [0.3, 0.4) is 0 Å². The van der Waals surface area contributed by atoms with Gasteiger partial charge < -0.3 is 15.7 Å². The zero-order valence-electron chi connectivity index (χ0n) is 5.11. The lowest BCUT2D eigenvalue weighted by Crippen LogP contribution is -2.04. The third-order valence-electron chi connectivity index (χ3n) is 0.283. The predicted octanol–water partition coefficient (Wildman–Crippen LogP) is -0.788. The first kappa shape index (κ1) is 11.3. The molecule has 0 bridgehead atoms. The molecular formula is C4H8N2O4. The van der Waals surface area contributed by atoms with E-state index in [1.54, 1.807) is 0 Å². The molecule has 0 rings (SSSR count). The smallest absolute Gasteiger partial charge is 0.402 e. The summed E-state index contributed by atoms with van der Waals surface area (Å²) in [4.78, 5) is 22.1. The standard InChI is InChI=1S/C3H5NO2.CH3NO2/c1-2-3(5)6-4;2-1(3)4/h2H,1,4H2;2H2,(H,3,4). The van der Waals surface area contributed by atoms with Gasteiger partial charge in [-0.05, 0) is 0 Å². The number of carbonyl (C=O) groups excluding carboxylic acids is 1. The van der Waals surface area contributed by atoms with E-state index in [2.05, 4.69) is 23.0 Å². The Morgan fingerprint density at radius 1 is 1.60 bits per heavy atom. The Labute approximate surface area is 57.0 Å². The maximum Gasteiger partial charge on any atom is 0.402 e. The van der Waals surface area contributed by atoms with Gasteiger partial charge in [0, 0.05) is 6.08 Å². The maximum atomic E-state index is 9.72. The Balaban J connectivity index is 0. The minimum absolute atomic E-state index is 0.616. The van der Waals surface area contributed by atoms with Crippen LogP contribution in [-0.2, 0) is 9.63 Å². The van der Waals surface area contributed by atoms with E-state index < -0.39 is 12.1 Å². The van der Waals surface area contributed by atoms with Crippen LogP contribution < -0.4 is 11.6 Å². The molecule has 0 aliphatic carbocycles. The molecule has 0 atom stereocenters. The van der Waals surface area contributed by atoms with Crippen LogP contribution >= 0.6 is 0 Å². The number of nitrogens with two attached hydrogens (primary N) is 2. The van der Waals surface area contributed by atoms with Crippen LogP contribution in [0.5, 0.6) is 0 Å². The molecular weight excluding hydrogens is 140 g/mol. The van der Waals surface area contributed by atoms with Crippen molar-refractivity contribution in [3.63, 3.8) is 0 Å². The summed E-state index contributed by atoms with van der Waals surface area (Å²) < 4.78 is 0. The Bertz CT molecular complexity index is 129. The Morgan fingerprint density at radius 3 is 1.90 bits per heavy atom. The largest absolute Gasteiger partial charge is 0.465 e. The van der Waals surface area contributed by atoms with Gasteiger partial charge in [-0.1, -0.05) is 6.58 Å². The quantitative estimate of drug-likeness (QED) is 0.333. The SMILES string of the molecule is C=CC(=O)ON.NC(=O)O. The highest BCUT2D eigenvalue weighted by molar-refractivity contribution is 5.80. The van der Waals surface area contributed by atoms with Crippen LogP contribution in [0, 0.1) is 0 Å². The van der Waals surface area contributed by atoms with Gasteiger partial charge in [0.1, 0.15) is 0 Å². The van der Waals surface area contributed by atoms with Gasteiger partial charge in [-0.25, -0.2) is 9.59 Å². The molecule has 10 heavy (non-hydrogen) atoms. The number of amides is 1. The van der Waals surface area contributed by atoms with Crippen molar-refractivity contribution in [1.29, 1.82) is 0 Å². The number of hydrogen-bond acceptors (Lipinski definition) is 4. The Kier molecular flexibility index (Phi) is 8.38. The summed E-state index contributed by atoms with van der Waals surface area (Å²) in [5.41, 5.74) is 4.03. The molecule has 0 aromatic heterocycles. The fraction of sp³-hybridized carbons (Fsp3) is 0. The van der Waals surface area contributed by atoms with E-state index in [1.165, 1.54) is 0 Å². The van der Waals surface area contributed by atoms with Gasteiger partial charge in [-0.3, -0.25) is 0 Å². The summed E-state index contributed by atoms with van der Waals surface area (Å²) in [6.07, 6.45) is -0.347. The fourth-order valence-corrected chi connectivity index (χ4v) is 0.0481. The van der Waals surface area contributed by atoms with Gasteiger partial charge >= 0.3 is 12.1 Å². The van der Waals surface area contributed by atoms with Crippen molar-refractivity contribution in [2.24, 2.45) is 11.6 Å². The van der Waals surface area contributed by atoms with Gasteiger partial charge in [0.2, 0.25) is 0 Å². The molecule has 0 unspecified atom stereocenters. The molecule has 6 heteroatoms. The summed E-state index contributed by atoms with van der Waals surface area (Å²) in [6.45, 7) is 3.08. The summed E-state index contributed by atoms with van der Waals surface area (Å²) >= 11 is 0. The molecule has 1 amide bonds. The first-order valence-corrected chi connectivity index (χ1v) is 2.06. The molecule has 58 valence electrons. The van der Waals surface area contributed by atoms with Gasteiger partial charge in [0.25, 0.3) is 0 Å². The van der Waals surface area contributed by atoms with E-state index in [-0.39, 0.29) is 0 Å². The molecule has 0 heterocycles. The highest BCUT2D eigenvalue weighted by Gasteiger charge is 1.83. The van der Waals surface area contributed by atoms with Gasteiger partial charge in [0.15, 0.2) is 0 Å². The molecule has 0 aromatic rings. The number of rotatable bonds is 1. The molecule has 0 aliphatic heterocycles. The molecule has 0 radical (unpaired) electrons. The van der Waals surface area contributed by atoms with Crippen molar-refractivity contribution in [2.75, 3.05) is 0 Å². The van der Waals surface area contributed by atoms with Crippen LogP contribution in [0.25, 0.3) is 0 Å². The zero-order chi connectivity index (χ0) is 8.57. The van der Waals surface area contributed by atoms with Crippen LogP contribution in [0.4, 0.5) is 4.79 Å². The summed E-state index contributed by atoms with van der Waals surface area (Å²) in [6, 6.07) is 0. The van der Waals surface area contributed by atoms with Crippen molar-refractivity contribution in [2.45, 2.75) is 0 Å². The molecule has 0 saturated heterocycles. The zero-order valence-corrected chi connectivity index (χ0v) is 5.11. The first-order chi connectivity index (χ1) is 4.54. The predicted molar refractivity (Wildman–Crippen MR) is 32.7 cm³/mol.